The van der Waals surface area contributed by atoms with Crippen LogP contribution in [0.5, 0.6) is 5.75 Å². The van der Waals surface area contributed by atoms with Gasteiger partial charge < -0.3 is 15.4 Å². The number of rotatable bonds is 8. The molecule has 2 rings (SSSR count). The Balaban J connectivity index is 1.68. The Morgan fingerprint density at radius 1 is 1.17 bits per heavy atom. The number of anilines is 1. The van der Waals surface area contributed by atoms with Gasteiger partial charge in [0.25, 0.3) is 5.91 Å². The minimum atomic E-state index is -0.536. The van der Waals surface area contributed by atoms with Gasteiger partial charge in [-0.15, -0.1) is 0 Å². The van der Waals surface area contributed by atoms with Gasteiger partial charge >= 0.3 is 0 Å². The van der Waals surface area contributed by atoms with Gasteiger partial charge in [0.05, 0.1) is 4.47 Å². The Bertz CT molecular complexity index is 662. The van der Waals surface area contributed by atoms with Crippen molar-refractivity contribution in [2.45, 2.75) is 26.4 Å². The first-order valence-corrected chi connectivity index (χ1v) is 8.85. The van der Waals surface area contributed by atoms with E-state index in [0.29, 0.717) is 12.3 Å². The molecule has 5 heteroatoms. The molecule has 128 valence electrons. The molecule has 0 aliphatic heterocycles. The molecule has 0 bridgehead atoms. The minimum absolute atomic E-state index is 0.109. The van der Waals surface area contributed by atoms with Crippen LogP contribution in [0, 0.1) is 6.92 Å². The predicted octanol–water partition coefficient (Wildman–Crippen LogP) is 4.14. The molecule has 2 N–H and O–H groups in total. The van der Waals surface area contributed by atoms with Crippen molar-refractivity contribution < 1.29 is 9.53 Å². The van der Waals surface area contributed by atoms with Crippen LogP contribution in [0.15, 0.2) is 53.0 Å². The van der Waals surface area contributed by atoms with Crippen molar-refractivity contribution in [2.24, 2.45) is 0 Å². The van der Waals surface area contributed by atoms with Crippen LogP contribution in [-0.2, 0) is 4.79 Å². The Labute approximate surface area is 151 Å². The zero-order valence-electron chi connectivity index (χ0n) is 14.0. The van der Waals surface area contributed by atoms with E-state index in [2.05, 4.69) is 26.6 Å². The SMILES string of the molecule is Cc1ccc(OC(C)C(=O)NCCCNc2ccccc2)c(Br)c1. The maximum atomic E-state index is 12.1. The van der Waals surface area contributed by atoms with Gasteiger partial charge in [-0.2, -0.15) is 0 Å². The summed E-state index contributed by atoms with van der Waals surface area (Å²) >= 11 is 3.46. The fourth-order valence-corrected chi connectivity index (χ4v) is 2.76. The van der Waals surface area contributed by atoms with Crippen LogP contribution in [0.1, 0.15) is 18.9 Å². The lowest BCUT2D eigenvalue weighted by molar-refractivity contribution is -0.127. The van der Waals surface area contributed by atoms with Gasteiger partial charge in [-0.05, 0) is 66.0 Å². The van der Waals surface area contributed by atoms with Crippen LogP contribution in [0.2, 0.25) is 0 Å². The predicted molar refractivity (Wildman–Crippen MR) is 102 cm³/mol. The highest BCUT2D eigenvalue weighted by molar-refractivity contribution is 9.10. The Morgan fingerprint density at radius 2 is 1.92 bits per heavy atom. The Morgan fingerprint density at radius 3 is 2.62 bits per heavy atom. The van der Waals surface area contributed by atoms with Gasteiger partial charge in [0.15, 0.2) is 6.10 Å². The van der Waals surface area contributed by atoms with Crippen LogP contribution in [-0.4, -0.2) is 25.1 Å². The molecule has 0 saturated carbocycles. The molecule has 0 fully saturated rings. The number of hydrogen-bond donors (Lipinski definition) is 2. The van der Waals surface area contributed by atoms with Crippen molar-refractivity contribution in [3.05, 3.63) is 58.6 Å². The summed E-state index contributed by atoms with van der Waals surface area (Å²) < 4.78 is 6.57. The van der Waals surface area contributed by atoms with Gasteiger partial charge in [0, 0.05) is 18.8 Å². The second kappa shape index (κ2) is 9.33. The Kier molecular flexibility index (Phi) is 7.12. The highest BCUT2D eigenvalue weighted by Crippen LogP contribution is 2.26. The first-order valence-electron chi connectivity index (χ1n) is 8.05. The van der Waals surface area contributed by atoms with Crippen molar-refractivity contribution in [3.8, 4) is 5.75 Å². The van der Waals surface area contributed by atoms with Gasteiger partial charge in [-0.25, -0.2) is 0 Å². The third-order valence-corrected chi connectivity index (χ3v) is 4.14. The van der Waals surface area contributed by atoms with E-state index in [9.17, 15) is 4.79 Å². The molecule has 1 atom stereocenters. The van der Waals surface area contributed by atoms with E-state index in [-0.39, 0.29) is 5.91 Å². The largest absolute Gasteiger partial charge is 0.480 e. The average molecular weight is 391 g/mol. The summed E-state index contributed by atoms with van der Waals surface area (Å²) in [5.41, 5.74) is 2.22. The average Bonchev–Trinajstić information content (AvgIpc) is 2.57. The molecule has 1 unspecified atom stereocenters. The number of benzene rings is 2. The molecular weight excluding hydrogens is 368 g/mol. The molecule has 0 saturated heterocycles. The summed E-state index contributed by atoms with van der Waals surface area (Å²) in [6.45, 7) is 5.18. The number of nitrogens with one attached hydrogen (secondary N) is 2. The lowest BCUT2D eigenvalue weighted by Crippen LogP contribution is -2.37. The molecule has 24 heavy (non-hydrogen) atoms. The first-order chi connectivity index (χ1) is 11.6. The number of halogens is 1. The van der Waals surface area contributed by atoms with Gasteiger partial charge in [-0.3, -0.25) is 4.79 Å². The second-order valence-corrected chi connectivity index (χ2v) is 6.49. The number of amides is 1. The molecular formula is C19H23BrN2O2. The second-order valence-electron chi connectivity index (χ2n) is 5.63. The topological polar surface area (TPSA) is 50.4 Å². The molecule has 0 heterocycles. The van der Waals surface area contributed by atoms with E-state index >= 15 is 0 Å². The van der Waals surface area contributed by atoms with E-state index in [1.807, 2.05) is 55.5 Å². The van der Waals surface area contributed by atoms with E-state index in [1.165, 1.54) is 0 Å². The van der Waals surface area contributed by atoms with Crippen molar-refractivity contribution in [2.75, 3.05) is 18.4 Å². The zero-order chi connectivity index (χ0) is 17.4. The van der Waals surface area contributed by atoms with Crippen LogP contribution in [0.4, 0.5) is 5.69 Å². The molecule has 0 aliphatic rings. The third kappa shape index (κ3) is 5.89. The Hall–Kier alpha value is -2.01. The number of para-hydroxylation sites is 1. The quantitative estimate of drug-likeness (QED) is 0.665. The first kappa shape index (κ1) is 18.3. The number of ether oxygens (including phenoxy) is 1. The normalized spacial score (nSPS) is 11.6. The van der Waals surface area contributed by atoms with Crippen LogP contribution >= 0.6 is 15.9 Å². The lowest BCUT2D eigenvalue weighted by Gasteiger charge is -2.16. The highest BCUT2D eigenvalue weighted by Gasteiger charge is 2.15. The fraction of sp³-hybridized carbons (Fsp3) is 0.316. The van der Waals surface area contributed by atoms with Crippen molar-refractivity contribution in [1.82, 2.24) is 5.32 Å². The maximum Gasteiger partial charge on any atom is 0.260 e. The summed E-state index contributed by atoms with van der Waals surface area (Å²) in [5, 5.41) is 6.21. The molecule has 1 amide bonds. The number of hydrogen-bond acceptors (Lipinski definition) is 3. The van der Waals surface area contributed by atoms with Crippen LogP contribution < -0.4 is 15.4 Å². The van der Waals surface area contributed by atoms with Crippen LogP contribution in [0.3, 0.4) is 0 Å². The molecule has 4 nitrogen and oxygen atoms in total. The van der Waals surface area contributed by atoms with Crippen molar-refractivity contribution in [3.63, 3.8) is 0 Å². The van der Waals surface area contributed by atoms with Gasteiger partial charge in [0.1, 0.15) is 5.75 Å². The molecule has 0 radical (unpaired) electrons. The van der Waals surface area contributed by atoms with E-state index < -0.39 is 6.10 Å². The minimum Gasteiger partial charge on any atom is -0.480 e. The number of aryl methyl sites for hydroxylation is 1. The summed E-state index contributed by atoms with van der Waals surface area (Å²) in [7, 11) is 0. The molecule has 0 spiro atoms. The molecule has 2 aromatic carbocycles. The van der Waals surface area contributed by atoms with Gasteiger partial charge in [-0.1, -0.05) is 24.3 Å². The monoisotopic (exact) mass is 390 g/mol. The van der Waals surface area contributed by atoms with Gasteiger partial charge in [0.2, 0.25) is 0 Å². The van der Waals surface area contributed by atoms with E-state index in [4.69, 9.17) is 4.74 Å². The number of carbonyl (C=O) groups excluding carboxylic acids is 1. The summed E-state index contributed by atoms with van der Waals surface area (Å²) in [5.74, 6) is 0.566. The highest BCUT2D eigenvalue weighted by atomic mass is 79.9. The molecule has 0 aliphatic carbocycles. The molecule has 0 aromatic heterocycles. The smallest absolute Gasteiger partial charge is 0.260 e. The lowest BCUT2D eigenvalue weighted by atomic mass is 10.2. The van der Waals surface area contributed by atoms with Crippen molar-refractivity contribution >= 4 is 27.5 Å². The summed E-state index contributed by atoms with van der Waals surface area (Å²) in [6, 6.07) is 15.8. The number of carbonyl (C=O) groups is 1. The fourth-order valence-electron chi connectivity index (χ4n) is 2.18. The van der Waals surface area contributed by atoms with E-state index in [0.717, 1.165) is 28.7 Å². The maximum absolute atomic E-state index is 12.1. The summed E-state index contributed by atoms with van der Waals surface area (Å²) in [4.78, 5) is 12.1. The van der Waals surface area contributed by atoms with E-state index in [1.54, 1.807) is 6.92 Å². The molecule has 2 aromatic rings. The van der Waals surface area contributed by atoms with Crippen molar-refractivity contribution in [1.29, 1.82) is 0 Å². The van der Waals surface area contributed by atoms with Crippen LogP contribution in [0.25, 0.3) is 0 Å². The zero-order valence-corrected chi connectivity index (χ0v) is 15.6. The third-order valence-electron chi connectivity index (χ3n) is 3.52. The standard InChI is InChI=1S/C19H23BrN2O2/c1-14-9-10-18(17(20)13-14)24-15(2)19(23)22-12-6-11-21-16-7-4-3-5-8-16/h3-5,7-10,13,15,21H,6,11-12H2,1-2H3,(H,22,23). The summed E-state index contributed by atoms with van der Waals surface area (Å²) in [6.07, 6.45) is 0.313.